The fourth-order valence-electron chi connectivity index (χ4n) is 2.50. The largest absolute Gasteiger partial charge is 0.490 e. The van der Waals surface area contributed by atoms with Crippen LogP contribution in [0.4, 0.5) is 5.82 Å². The molecule has 0 saturated carbocycles. The molecule has 1 aliphatic rings. The number of aromatic nitrogens is 2. The monoisotopic (exact) mass is 507 g/mol. The number of ether oxygens (including phenoxy) is 2. The van der Waals surface area contributed by atoms with Crippen LogP contribution in [0.5, 0.6) is 0 Å². The predicted octanol–water partition coefficient (Wildman–Crippen LogP) is 0.0275. The molecule has 31 heavy (non-hydrogen) atoms. The van der Waals surface area contributed by atoms with Crippen LogP contribution in [0.25, 0.3) is 0 Å². The Morgan fingerprint density at radius 2 is 1.94 bits per heavy atom. The Morgan fingerprint density at radius 1 is 1.26 bits per heavy atom. The molecule has 2 rings (SSSR count). The topological polar surface area (TPSA) is 239 Å². The number of nitrogens with two attached hydrogens (primary N) is 1. The molecule has 0 aliphatic carbocycles. The fourth-order valence-corrected chi connectivity index (χ4v) is 5.53. The van der Waals surface area contributed by atoms with Crippen molar-refractivity contribution in [3.63, 3.8) is 0 Å². The summed E-state index contributed by atoms with van der Waals surface area (Å²) in [6.07, 6.45) is 0.0712. The maximum atomic E-state index is 12.0. The Hall–Kier alpha value is -1.25. The number of rotatable bonds is 11. The molecule has 6 N–H and O–H groups in total. The standard InChI is InChI=1S/C12H20N3O13P3/c1-2-5-24-8-6-11(15-4-3-10(13)14-12(15)16)26-9(8)7-25-30(20,21)28-31(22,23)27-29(17,18)19/h2-4,8-9,11H,1,5-7H2,(H,20,21)(H,22,23)(H2,13,14,16)(H2,17,18,19)/t8-,9-,11-/m1/s1. The SMILES string of the molecule is C=CCO[C@@H]1C[C@H](n2ccc(N)nc2=O)O[C@@H]1COP(=O)(O)OP(=O)(O)OP(=O)(O)O. The van der Waals surface area contributed by atoms with Gasteiger partial charge in [0.05, 0.1) is 19.3 Å². The quantitative estimate of drug-likeness (QED) is 0.196. The van der Waals surface area contributed by atoms with Gasteiger partial charge in [0, 0.05) is 12.6 Å². The van der Waals surface area contributed by atoms with E-state index in [2.05, 4.69) is 24.7 Å². The summed E-state index contributed by atoms with van der Waals surface area (Å²) in [5, 5.41) is 0. The third kappa shape index (κ3) is 8.31. The summed E-state index contributed by atoms with van der Waals surface area (Å²) in [6.45, 7) is 2.81. The van der Waals surface area contributed by atoms with Crippen molar-refractivity contribution in [1.82, 2.24) is 9.55 Å². The zero-order chi connectivity index (χ0) is 23.4. The van der Waals surface area contributed by atoms with Crippen molar-refractivity contribution in [3.8, 4) is 0 Å². The van der Waals surface area contributed by atoms with E-state index in [1.807, 2.05) is 0 Å². The normalized spacial score (nSPS) is 25.6. The smallest absolute Gasteiger partial charge is 0.383 e. The van der Waals surface area contributed by atoms with E-state index in [0.717, 1.165) is 4.57 Å². The van der Waals surface area contributed by atoms with Crippen LogP contribution in [0, 0.1) is 0 Å². The van der Waals surface area contributed by atoms with Gasteiger partial charge in [0.15, 0.2) is 0 Å². The van der Waals surface area contributed by atoms with Crippen molar-refractivity contribution in [3.05, 3.63) is 35.4 Å². The van der Waals surface area contributed by atoms with Crippen LogP contribution in [0.3, 0.4) is 0 Å². The summed E-state index contributed by atoms with van der Waals surface area (Å²) in [7, 11) is -16.5. The highest BCUT2D eigenvalue weighted by atomic mass is 31.3. The van der Waals surface area contributed by atoms with Gasteiger partial charge in [-0.25, -0.2) is 18.5 Å². The van der Waals surface area contributed by atoms with Crippen molar-refractivity contribution in [1.29, 1.82) is 0 Å². The maximum absolute atomic E-state index is 12.0. The van der Waals surface area contributed by atoms with E-state index in [1.165, 1.54) is 18.3 Å². The predicted molar refractivity (Wildman–Crippen MR) is 101 cm³/mol. The van der Waals surface area contributed by atoms with Crippen LogP contribution in [-0.2, 0) is 36.3 Å². The van der Waals surface area contributed by atoms with E-state index < -0.39 is 54.2 Å². The second-order valence-corrected chi connectivity index (χ2v) is 10.4. The van der Waals surface area contributed by atoms with Gasteiger partial charge in [-0.1, -0.05) is 6.08 Å². The van der Waals surface area contributed by atoms with E-state index in [9.17, 15) is 28.3 Å². The highest BCUT2D eigenvalue weighted by Crippen LogP contribution is 2.66. The van der Waals surface area contributed by atoms with Crippen LogP contribution in [-0.4, -0.2) is 54.5 Å². The molecule has 2 heterocycles. The lowest BCUT2D eigenvalue weighted by molar-refractivity contribution is -0.0570. The van der Waals surface area contributed by atoms with Crippen LogP contribution in [0.15, 0.2) is 29.7 Å². The Kier molecular flexibility index (Phi) is 8.50. The first kappa shape index (κ1) is 26.0. The van der Waals surface area contributed by atoms with Crippen LogP contribution in [0.2, 0.25) is 0 Å². The van der Waals surface area contributed by atoms with Crippen molar-refractivity contribution in [2.24, 2.45) is 0 Å². The number of hydrogen-bond donors (Lipinski definition) is 5. The molecular formula is C12H20N3O13P3. The molecule has 0 aromatic carbocycles. The van der Waals surface area contributed by atoms with Gasteiger partial charge in [-0.3, -0.25) is 9.09 Å². The average Bonchev–Trinajstić information content (AvgIpc) is 2.97. The lowest BCUT2D eigenvalue weighted by Crippen LogP contribution is -2.29. The summed E-state index contributed by atoms with van der Waals surface area (Å²) < 4.78 is 58.0. The molecule has 1 aromatic rings. The lowest BCUT2D eigenvalue weighted by atomic mass is 10.2. The first-order chi connectivity index (χ1) is 14.2. The highest BCUT2D eigenvalue weighted by Gasteiger charge is 2.43. The third-order valence-corrected chi connectivity index (χ3v) is 7.39. The van der Waals surface area contributed by atoms with Crippen molar-refractivity contribution in [2.45, 2.75) is 24.9 Å². The molecule has 5 atom stereocenters. The molecule has 1 aliphatic heterocycles. The number of nitrogens with zero attached hydrogens (tertiary/aromatic N) is 2. The van der Waals surface area contributed by atoms with Gasteiger partial charge in [0.25, 0.3) is 0 Å². The van der Waals surface area contributed by atoms with Gasteiger partial charge in [0.1, 0.15) is 18.1 Å². The summed E-state index contributed by atoms with van der Waals surface area (Å²) in [5.74, 6) is -0.0112. The van der Waals surface area contributed by atoms with Crippen LogP contribution >= 0.6 is 23.5 Å². The minimum Gasteiger partial charge on any atom is -0.383 e. The van der Waals surface area contributed by atoms with Gasteiger partial charge < -0.3 is 34.8 Å². The molecular weight excluding hydrogens is 487 g/mol. The molecule has 0 radical (unpaired) electrons. The van der Waals surface area contributed by atoms with Crippen LogP contribution in [0.1, 0.15) is 12.6 Å². The van der Waals surface area contributed by atoms with Crippen molar-refractivity contribution in [2.75, 3.05) is 18.9 Å². The number of hydrogen-bond acceptors (Lipinski definition) is 11. The van der Waals surface area contributed by atoms with E-state index >= 15 is 0 Å². The highest BCUT2D eigenvalue weighted by molar-refractivity contribution is 7.66. The summed E-state index contributed by atoms with van der Waals surface area (Å²) >= 11 is 0. The molecule has 176 valence electrons. The fraction of sp³-hybridized carbons (Fsp3) is 0.500. The van der Waals surface area contributed by atoms with E-state index in [4.69, 9.17) is 25.0 Å². The van der Waals surface area contributed by atoms with Gasteiger partial charge in [-0.15, -0.1) is 6.58 Å². The van der Waals surface area contributed by atoms with Gasteiger partial charge >= 0.3 is 29.2 Å². The zero-order valence-corrected chi connectivity index (χ0v) is 18.3. The summed E-state index contributed by atoms with van der Waals surface area (Å²) in [4.78, 5) is 51.4. The summed E-state index contributed by atoms with van der Waals surface area (Å²) in [6, 6.07) is 1.35. The Morgan fingerprint density at radius 3 is 2.52 bits per heavy atom. The van der Waals surface area contributed by atoms with E-state index in [-0.39, 0.29) is 18.8 Å². The number of nitrogen functional groups attached to an aromatic ring is 1. The molecule has 2 unspecified atom stereocenters. The summed E-state index contributed by atoms with van der Waals surface area (Å²) in [5.41, 5.74) is 4.71. The van der Waals surface area contributed by atoms with Gasteiger partial charge in [-0.2, -0.15) is 13.6 Å². The van der Waals surface area contributed by atoms with Crippen molar-refractivity contribution >= 4 is 29.3 Å². The van der Waals surface area contributed by atoms with E-state index in [0.29, 0.717) is 0 Å². The molecule has 16 nitrogen and oxygen atoms in total. The Balaban J connectivity index is 2.09. The Bertz CT molecular complexity index is 993. The molecule has 1 saturated heterocycles. The average molecular weight is 507 g/mol. The first-order valence-corrected chi connectivity index (χ1v) is 12.7. The molecule has 0 bridgehead atoms. The molecule has 1 aromatic heterocycles. The minimum atomic E-state index is -5.65. The van der Waals surface area contributed by atoms with Gasteiger partial charge in [0.2, 0.25) is 0 Å². The molecule has 1 fully saturated rings. The molecule has 0 amide bonds. The number of phosphoric ester groups is 1. The number of anilines is 1. The minimum absolute atomic E-state index is 0.0112. The second kappa shape index (κ2) is 10.1. The van der Waals surface area contributed by atoms with E-state index in [1.54, 1.807) is 0 Å². The maximum Gasteiger partial charge on any atom is 0.490 e. The zero-order valence-electron chi connectivity index (χ0n) is 15.6. The van der Waals surface area contributed by atoms with Crippen LogP contribution < -0.4 is 11.4 Å². The lowest BCUT2D eigenvalue weighted by Gasteiger charge is -2.21. The first-order valence-electron chi connectivity index (χ1n) is 8.22. The van der Waals surface area contributed by atoms with Gasteiger partial charge in [-0.05, 0) is 6.07 Å². The second-order valence-electron chi connectivity index (χ2n) is 5.95. The molecule has 0 spiro atoms. The molecule has 19 heteroatoms. The van der Waals surface area contributed by atoms with Crippen molar-refractivity contribution < 1.29 is 55.9 Å². The third-order valence-electron chi connectivity index (χ3n) is 3.59. The Labute approximate surface area is 174 Å². The number of phosphoric acid groups is 3.